The third-order valence-electron chi connectivity index (χ3n) is 2.29. The van der Waals surface area contributed by atoms with E-state index in [4.69, 9.17) is 4.74 Å². The summed E-state index contributed by atoms with van der Waals surface area (Å²) in [5.41, 5.74) is 4.59. The first-order valence-electron chi connectivity index (χ1n) is 5.56. The fourth-order valence-electron chi connectivity index (χ4n) is 1.28. The largest absolute Gasteiger partial charge is 0.550 e. The predicted molar refractivity (Wildman–Crippen MR) is 70.5 cm³/mol. The summed E-state index contributed by atoms with van der Waals surface area (Å²) < 4.78 is 5.62. The minimum Gasteiger partial charge on any atom is -0.550 e. The first-order valence-corrected chi connectivity index (χ1v) is 6.36. The average molecular weight is 344 g/mol. The lowest BCUT2D eigenvalue weighted by atomic mass is 10.2. The first kappa shape index (κ1) is 16.0. The normalized spacial score (nSPS) is 9.70. The molecule has 1 aromatic rings. The zero-order chi connectivity index (χ0) is 15.1. The molecule has 1 aromatic carbocycles. The number of amides is 2. The van der Waals surface area contributed by atoms with Crippen LogP contribution in [0.4, 0.5) is 0 Å². The van der Waals surface area contributed by atoms with E-state index in [0.29, 0.717) is 15.8 Å². The van der Waals surface area contributed by atoms with Gasteiger partial charge < -0.3 is 14.6 Å². The second-order valence-electron chi connectivity index (χ2n) is 3.72. The van der Waals surface area contributed by atoms with Crippen molar-refractivity contribution < 1.29 is 24.2 Å². The maximum atomic E-state index is 11.7. The maximum Gasteiger partial charge on any atom is 0.269 e. The van der Waals surface area contributed by atoms with Gasteiger partial charge in [0, 0.05) is 18.0 Å². The SMILES string of the molecule is COc1ccc(C(=O)NNC(=O)CCC(=O)[O-])cc1Br. The number of ether oxygens (including phenoxy) is 1. The molecule has 7 nitrogen and oxygen atoms in total. The summed E-state index contributed by atoms with van der Waals surface area (Å²) in [4.78, 5) is 33.1. The van der Waals surface area contributed by atoms with E-state index in [1.165, 1.54) is 19.2 Å². The molecule has 0 saturated heterocycles. The van der Waals surface area contributed by atoms with Gasteiger partial charge in [-0.1, -0.05) is 0 Å². The summed E-state index contributed by atoms with van der Waals surface area (Å²) in [6.45, 7) is 0. The van der Waals surface area contributed by atoms with Crippen LogP contribution in [0.15, 0.2) is 22.7 Å². The van der Waals surface area contributed by atoms with Gasteiger partial charge in [-0.15, -0.1) is 0 Å². The van der Waals surface area contributed by atoms with Gasteiger partial charge in [-0.3, -0.25) is 20.4 Å². The number of carboxylic acid groups (broad SMARTS) is 1. The highest BCUT2D eigenvalue weighted by atomic mass is 79.9. The number of methoxy groups -OCH3 is 1. The minimum atomic E-state index is -1.33. The van der Waals surface area contributed by atoms with Gasteiger partial charge in [0.25, 0.3) is 5.91 Å². The van der Waals surface area contributed by atoms with Crippen molar-refractivity contribution in [3.63, 3.8) is 0 Å². The van der Waals surface area contributed by atoms with Crippen LogP contribution < -0.4 is 20.7 Å². The number of rotatable bonds is 5. The lowest BCUT2D eigenvalue weighted by molar-refractivity contribution is -0.305. The van der Waals surface area contributed by atoms with Crippen LogP contribution in [0.5, 0.6) is 5.75 Å². The third kappa shape index (κ3) is 4.88. The highest BCUT2D eigenvalue weighted by Crippen LogP contribution is 2.25. The lowest BCUT2D eigenvalue weighted by Crippen LogP contribution is -2.42. The molecule has 0 aromatic heterocycles. The number of benzene rings is 1. The van der Waals surface area contributed by atoms with Gasteiger partial charge in [0.2, 0.25) is 5.91 Å². The Bertz CT molecular complexity index is 533. The topological polar surface area (TPSA) is 108 Å². The number of hydrogen-bond donors (Lipinski definition) is 2. The van der Waals surface area contributed by atoms with E-state index in [-0.39, 0.29) is 6.42 Å². The molecule has 0 radical (unpaired) electrons. The molecule has 0 heterocycles. The Morgan fingerprint density at radius 3 is 2.50 bits per heavy atom. The molecule has 0 fully saturated rings. The number of halogens is 1. The standard InChI is InChI=1S/C12H13BrN2O5/c1-20-9-3-2-7(6-8(9)13)12(19)15-14-10(16)4-5-11(17)18/h2-3,6H,4-5H2,1H3,(H,14,16)(H,15,19)(H,17,18)/p-1. The molecule has 0 spiro atoms. The van der Waals surface area contributed by atoms with E-state index in [2.05, 4.69) is 26.8 Å². The Hall–Kier alpha value is -2.09. The number of nitrogens with one attached hydrogen (secondary N) is 2. The Morgan fingerprint density at radius 2 is 1.95 bits per heavy atom. The zero-order valence-electron chi connectivity index (χ0n) is 10.6. The van der Waals surface area contributed by atoms with Crippen molar-refractivity contribution in [2.24, 2.45) is 0 Å². The van der Waals surface area contributed by atoms with Crippen LogP contribution in [0, 0.1) is 0 Å². The maximum absolute atomic E-state index is 11.7. The van der Waals surface area contributed by atoms with Crippen molar-refractivity contribution in [3.8, 4) is 5.75 Å². The van der Waals surface area contributed by atoms with Crippen molar-refractivity contribution in [1.29, 1.82) is 0 Å². The monoisotopic (exact) mass is 343 g/mol. The van der Waals surface area contributed by atoms with Gasteiger partial charge in [0.15, 0.2) is 0 Å². The molecule has 2 N–H and O–H groups in total. The van der Waals surface area contributed by atoms with Crippen LogP contribution in [0.2, 0.25) is 0 Å². The minimum absolute atomic E-state index is 0.269. The van der Waals surface area contributed by atoms with E-state index in [0.717, 1.165) is 0 Å². The van der Waals surface area contributed by atoms with Crippen LogP contribution >= 0.6 is 15.9 Å². The van der Waals surface area contributed by atoms with Crippen LogP contribution in [0.1, 0.15) is 23.2 Å². The molecule has 0 unspecified atom stereocenters. The van der Waals surface area contributed by atoms with Crippen molar-refractivity contribution in [3.05, 3.63) is 28.2 Å². The summed E-state index contributed by atoms with van der Waals surface area (Å²) in [5.74, 6) is -1.91. The number of carbonyl (C=O) groups excluding carboxylic acids is 3. The molecule has 20 heavy (non-hydrogen) atoms. The van der Waals surface area contributed by atoms with Crippen LogP contribution in [0.25, 0.3) is 0 Å². The van der Waals surface area contributed by atoms with E-state index < -0.39 is 24.2 Å². The van der Waals surface area contributed by atoms with E-state index >= 15 is 0 Å². The third-order valence-corrected chi connectivity index (χ3v) is 2.91. The molecule has 0 aliphatic carbocycles. The Morgan fingerprint density at radius 1 is 1.25 bits per heavy atom. The van der Waals surface area contributed by atoms with E-state index in [9.17, 15) is 19.5 Å². The Kier molecular flexibility index (Phi) is 5.98. The van der Waals surface area contributed by atoms with Gasteiger partial charge in [-0.2, -0.15) is 0 Å². The smallest absolute Gasteiger partial charge is 0.269 e. The molecule has 0 aliphatic heterocycles. The van der Waals surface area contributed by atoms with Gasteiger partial charge in [-0.05, 0) is 40.5 Å². The van der Waals surface area contributed by atoms with Crippen molar-refractivity contribution in [1.82, 2.24) is 10.9 Å². The second kappa shape index (κ2) is 7.49. The Labute approximate surface area is 123 Å². The quantitative estimate of drug-likeness (QED) is 0.716. The van der Waals surface area contributed by atoms with Gasteiger partial charge in [0.05, 0.1) is 11.6 Å². The number of carboxylic acids is 1. The molecular weight excluding hydrogens is 332 g/mol. The lowest BCUT2D eigenvalue weighted by Gasteiger charge is -2.09. The van der Waals surface area contributed by atoms with Crippen LogP contribution in [-0.4, -0.2) is 24.9 Å². The summed E-state index contributed by atoms with van der Waals surface area (Å²) >= 11 is 3.23. The molecular formula is C12H12BrN2O5-. The number of aliphatic carboxylic acids is 1. The predicted octanol–water partition coefficient (Wildman–Crippen LogP) is -0.251. The molecule has 8 heteroatoms. The molecule has 0 saturated carbocycles. The molecule has 0 aliphatic rings. The summed E-state index contributed by atoms with van der Waals surface area (Å²) in [6, 6.07) is 4.64. The number of hydrazine groups is 1. The Balaban J connectivity index is 2.52. The highest BCUT2D eigenvalue weighted by molar-refractivity contribution is 9.10. The molecule has 108 valence electrons. The molecule has 0 atom stereocenters. The van der Waals surface area contributed by atoms with Crippen LogP contribution in [-0.2, 0) is 9.59 Å². The van der Waals surface area contributed by atoms with E-state index in [1.54, 1.807) is 6.07 Å². The number of carbonyl (C=O) groups is 3. The summed E-state index contributed by atoms with van der Waals surface area (Å²) in [7, 11) is 1.50. The molecule has 1 rings (SSSR count). The molecule has 2 amide bonds. The van der Waals surface area contributed by atoms with Gasteiger partial charge >= 0.3 is 0 Å². The van der Waals surface area contributed by atoms with Gasteiger partial charge in [0.1, 0.15) is 5.75 Å². The highest BCUT2D eigenvalue weighted by Gasteiger charge is 2.09. The summed E-state index contributed by atoms with van der Waals surface area (Å²) in [6.07, 6.45) is -0.676. The van der Waals surface area contributed by atoms with Crippen molar-refractivity contribution in [2.45, 2.75) is 12.8 Å². The van der Waals surface area contributed by atoms with Crippen molar-refractivity contribution in [2.75, 3.05) is 7.11 Å². The fraction of sp³-hybridized carbons (Fsp3) is 0.250. The number of hydrogen-bond acceptors (Lipinski definition) is 5. The first-order chi connectivity index (χ1) is 9.43. The average Bonchev–Trinajstić information content (AvgIpc) is 2.42. The molecule has 0 bridgehead atoms. The van der Waals surface area contributed by atoms with Crippen LogP contribution in [0.3, 0.4) is 0 Å². The van der Waals surface area contributed by atoms with Gasteiger partial charge in [-0.25, -0.2) is 0 Å². The van der Waals surface area contributed by atoms with Crippen molar-refractivity contribution >= 4 is 33.7 Å². The second-order valence-corrected chi connectivity index (χ2v) is 4.58. The fourth-order valence-corrected chi connectivity index (χ4v) is 1.83. The summed E-state index contributed by atoms with van der Waals surface area (Å²) in [5, 5.41) is 10.2. The van der Waals surface area contributed by atoms with E-state index in [1.807, 2.05) is 0 Å². The zero-order valence-corrected chi connectivity index (χ0v) is 12.2.